The van der Waals surface area contributed by atoms with Gasteiger partial charge >= 0.3 is 0 Å². The Bertz CT molecular complexity index is 408. The zero-order chi connectivity index (χ0) is 12.3. The summed E-state index contributed by atoms with van der Waals surface area (Å²) in [5.74, 6) is 0.893. The van der Waals surface area contributed by atoms with Crippen molar-refractivity contribution in [3.63, 3.8) is 0 Å². The van der Waals surface area contributed by atoms with Gasteiger partial charge in [0.1, 0.15) is 5.75 Å². The van der Waals surface area contributed by atoms with E-state index >= 15 is 0 Å². The molecular weight excluding hydrogens is 214 g/mol. The smallest absolute Gasteiger partial charge is 0.170 e. The number of nitrogens with zero attached hydrogens (tertiary/aromatic N) is 1. The number of Topliss-reactive ketones (excluding diaryl/α,β-unsaturated/α-hetero) is 1. The number of hydrogen-bond donors (Lipinski definition) is 0. The second kappa shape index (κ2) is 4.86. The third-order valence-corrected chi connectivity index (χ3v) is 3.54. The maximum absolute atomic E-state index is 12.4. The maximum atomic E-state index is 12.4. The van der Waals surface area contributed by atoms with Crippen LogP contribution in [0.2, 0.25) is 0 Å². The minimum atomic E-state index is -0.188. The molecule has 0 bridgehead atoms. The van der Waals surface area contributed by atoms with Gasteiger partial charge in [0.15, 0.2) is 5.78 Å². The standard InChI is InChI=1S/C14H19NO2/c1-3-17-12-8-11(9-15-10-12)13(16)14(2)6-4-5-7-14/h8-10H,3-7H2,1-2H3. The van der Waals surface area contributed by atoms with E-state index in [4.69, 9.17) is 4.74 Å². The van der Waals surface area contributed by atoms with E-state index in [1.165, 1.54) is 0 Å². The highest BCUT2D eigenvalue weighted by Gasteiger charge is 2.36. The van der Waals surface area contributed by atoms with Crippen LogP contribution in [0.1, 0.15) is 49.9 Å². The van der Waals surface area contributed by atoms with Crippen LogP contribution in [0.25, 0.3) is 0 Å². The molecule has 0 saturated heterocycles. The Morgan fingerprint density at radius 2 is 2.12 bits per heavy atom. The summed E-state index contributed by atoms with van der Waals surface area (Å²) in [7, 11) is 0. The van der Waals surface area contributed by atoms with Gasteiger partial charge in [-0.25, -0.2) is 0 Å². The maximum Gasteiger partial charge on any atom is 0.170 e. The monoisotopic (exact) mass is 233 g/mol. The Balaban J connectivity index is 2.21. The van der Waals surface area contributed by atoms with Crippen molar-refractivity contribution in [1.29, 1.82) is 0 Å². The van der Waals surface area contributed by atoms with E-state index in [1.54, 1.807) is 12.4 Å². The van der Waals surface area contributed by atoms with Crippen LogP contribution in [0.4, 0.5) is 0 Å². The van der Waals surface area contributed by atoms with Gasteiger partial charge in [0.2, 0.25) is 0 Å². The van der Waals surface area contributed by atoms with Gasteiger partial charge < -0.3 is 4.74 Å². The van der Waals surface area contributed by atoms with Gasteiger partial charge in [0, 0.05) is 17.2 Å². The Hall–Kier alpha value is -1.38. The molecule has 1 aromatic rings. The van der Waals surface area contributed by atoms with Crippen LogP contribution in [-0.2, 0) is 0 Å². The number of aromatic nitrogens is 1. The number of ketones is 1. The van der Waals surface area contributed by atoms with Gasteiger partial charge in [-0.15, -0.1) is 0 Å². The highest BCUT2D eigenvalue weighted by atomic mass is 16.5. The predicted octanol–water partition coefficient (Wildman–Crippen LogP) is 3.24. The zero-order valence-corrected chi connectivity index (χ0v) is 10.5. The highest BCUT2D eigenvalue weighted by molar-refractivity contribution is 6.00. The van der Waals surface area contributed by atoms with E-state index in [2.05, 4.69) is 11.9 Å². The lowest BCUT2D eigenvalue weighted by Gasteiger charge is -2.21. The molecule has 3 heteroatoms. The summed E-state index contributed by atoms with van der Waals surface area (Å²) in [5.41, 5.74) is 0.493. The summed E-state index contributed by atoms with van der Waals surface area (Å²) in [6, 6.07) is 1.81. The van der Waals surface area contributed by atoms with Crippen LogP contribution in [0.5, 0.6) is 5.75 Å². The van der Waals surface area contributed by atoms with E-state index in [0.717, 1.165) is 25.7 Å². The van der Waals surface area contributed by atoms with Crippen molar-refractivity contribution in [1.82, 2.24) is 4.98 Å². The van der Waals surface area contributed by atoms with Gasteiger partial charge in [-0.3, -0.25) is 9.78 Å². The molecule has 0 unspecified atom stereocenters. The molecule has 0 N–H and O–H groups in total. The molecule has 0 atom stereocenters. The summed E-state index contributed by atoms with van der Waals surface area (Å²) in [4.78, 5) is 16.5. The first-order valence-electron chi connectivity index (χ1n) is 6.28. The van der Waals surface area contributed by atoms with Gasteiger partial charge in [-0.1, -0.05) is 19.8 Å². The van der Waals surface area contributed by atoms with E-state index in [9.17, 15) is 4.79 Å². The van der Waals surface area contributed by atoms with Crippen LogP contribution >= 0.6 is 0 Å². The van der Waals surface area contributed by atoms with Crippen LogP contribution in [-0.4, -0.2) is 17.4 Å². The molecule has 17 heavy (non-hydrogen) atoms. The molecule has 0 aliphatic heterocycles. The predicted molar refractivity (Wildman–Crippen MR) is 66.3 cm³/mol. The molecule has 1 aliphatic carbocycles. The fraction of sp³-hybridized carbons (Fsp3) is 0.571. The number of pyridine rings is 1. The van der Waals surface area contributed by atoms with E-state index in [-0.39, 0.29) is 11.2 Å². The first kappa shape index (κ1) is 12.1. The molecule has 3 nitrogen and oxygen atoms in total. The summed E-state index contributed by atoms with van der Waals surface area (Å²) in [6.45, 7) is 4.58. The SMILES string of the molecule is CCOc1cncc(C(=O)C2(C)CCCC2)c1. The molecule has 0 amide bonds. The fourth-order valence-corrected chi connectivity index (χ4v) is 2.52. The van der Waals surface area contributed by atoms with Crippen LogP contribution in [0, 0.1) is 5.41 Å². The van der Waals surface area contributed by atoms with Crippen molar-refractivity contribution in [2.45, 2.75) is 39.5 Å². The average Bonchev–Trinajstić information content (AvgIpc) is 2.77. The summed E-state index contributed by atoms with van der Waals surface area (Å²) in [5, 5.41) is 0. The molecule has 1 saturated carbocycles. The van der Waals surface area contributed by atoms with Crippen LogP contribution in [0.3, 0.4) is 0 Å². The summed E-state index contributed by atoms with van der Waals surface area (Å²) in [6.07, 6.45) is 7.59. The van der Waals surface area contributed by atoms with Gasteiger partial charge in [0.25, 0.3) is 0 Å². The Labute approximate surface area is 102 Å². The second-order valence-corrected chi connectivity index (χ2v) is 4.94. The van der Waals surface area contributed by atoms with E-state index in [1.807, 2.05) is 13.0 Å². The number of rotatable bonds is 4. The summed E-state index contributed by atoms with van der Waals surface area (Å²) >= 11 is 0. The molecule has 0 aromatic carbocycles. The third kappa shape index (κ3) is 2.48. The molecule has 1 aromatic heterocycles. The van der Waals surface area contributed by atoms with Gasteiger partial charge in [-0.05, 0) is 25.8 Å². The van der Waals surface area contributed by atoms with E-state index < -0.39 is 0 Å². The van der Waals surface area contributed by atoms with Crippen molar-refractivity contribution in [3.05, 3.63) is 24.0 Å². The average molecular weight is 233 g/mol. The molecule has 92 valence electrons. The van der Waals surface area contributed by atoms with Crippen molar-refractivity contribution >= 4 is 5.78 Å². The molecule has 1 heterocycles. The normalized spacial score (nSPS) is 18.0. The number of carbonyl (C=O) groups excluding carboxylic acids is 1. The first-order valence-corrected chi connectivity index (χ1v) is 6.28. The van der Waals surface area contributed by atoms with Crippen molar-refractivity contribution in [2.24, 2.45) is 5.41 Å². The number of carbonyl (C=O) groups is 1. The lowest BCUT2D eigenvalue weighted by Crippen LogP contribution is -2.24. The molecule has 0 radical (unpaired) electrons. The molecule has 1 aliphatic rings. The molecule has 0 spiro atoms. The zero-order valence-electron chi connectivity index (χ0n) is 10.5. The molecular formula is C14H19NO2. The van der Waals surface area contributed by atoms with Crippen molar-refractivity contribution < 1.29 is 9.53 Å². The van der Waals surface area contributed by atoms with Gasteiger partial charge in [-0.2, -0.15) is 0 Å². The van der Waals surface area contributed by atoms with Gasteiger partial charge in [0.05, 0.1) is 12.8 Å². The fourth-order valence-electron chi connectivity index (χ4n) is 2.52. The topological polar surface area (TPSA) is 39.2 Å². The number of ether oxygens (including phenoxy) is 1. The van der Waals surface area contributed by atoms with Crippen LogP contribution < -0.4 is 4.74 Å². The Morgan fingerprint density at radius 1 is 1.41 bits per heavy atom. The van der Waals surface area contributed by atoms with E-state index in [0.29, 0.717) is 17.9 Å². The second-order valence-electron chi connectivity index (χ2n) is 4.94. The van der Waals surface area contributed by atoms with Crippen molar-refractivity contribution in [3.8, 4) is 5.75 Å². The largest absolute Gasteiger partial charge is 0.492 e. The minimum Gasteiger partial charge on any atom is -0.492 e. The highest BCUT2D eigenvalue weighted by Crippen LogP contribution is 2.40. The third-order valence-electron chi connectivity index (χ3n) is 3.54. The lowest BCUT2D eigenvalue weighted by atomic mass is 9.81. The Kier molecular flexibility index (Phi) is 3.46. The minimum absolute atomic E-state index is 0.188. The van der Waals surface area contributed by atoms with Crippen LogP contribution in [0.15, 0.2) is 18.5 Å². The first-order chi connectivity index (χ1) is 8.15. The number of hydrogen-bond acceptors (Lipinski definition) is 3. The Morgan fingerprint density at radius 3 is 2.76 bits per heavy atom. The molecule has 1 fully saturated rings. The molecule has 2 rings (SSSR count). The lowest BCUT2D eigenvalue weighted by molar-refractivity contribution is 0.0822. The van der Waals surface area contributed by atoms with Crippen molar-refractivity contribution in [2.75, 3.05) is 6.61 Å². The summed E-state index contributed by atoms with van der Waals surface area (Å²) < 4.78 is 5.38. The quantitative estimate of drug-likeness (QED) is 0.749.